The number of benzene rings is 1. The van der Waals surface area contributed by atoms with Gasteiger partial charge in [-0.15, -0.1) is 0 Å². The van der Waals surface area contributed by atoms with Gasteiger partial charge in [0.05, 0.1) is 10.2 Å². The van der Waals surface area contributed by atoms with E-state index >= 15 is 0 Å². The largest absolute Gasteiger partial charge is 0.438 e. The van der Waals surface area contributed by atoms with E-state index in [1.54, 1.807) is 12.1 Å². The molecule has 1 aromatic heterocycles. The van der Waals surface area contributed by atoms with Crippen molar-refractivity contribution in [2.75, 3.05) is 5.73 Å². The molecule has 88 valence electrons. The van der Waals surface area contributed by atoms with Gasteiger partial charge in [-0.1, -0.05) is 6.07 Å². The summed E-state index contributed by atoms with van der Waals surface area (Å²) in [5, 5.41) is 0. The van der Waals surface area contributed by atoms with E-state index in [0.29, 0.717) is 17.3 Å². The third kappa shape index (κ3) is 2.79. The van der Waals surface area contributed by atoms with E-state index in [1.165, 1.54) is 0 Å². The highest BCUT2D eigenvalue weighted by Crippen LogP contribution is 2.33. The standard InChI is InChI=1S/C12H10Br2N2O/c1-7-8(13)5-6-11(16-7)17-10-4-2-3-9(15)12(10)14/h2-6H,15H2,1H3. The molecular weight excluding hydrogens is 348 g/mol. The zero-order valence-electron chi connectivity index (χ0n) is 9.08. The molecule has 0 amide bonds. The molecule has 2 N–H and O–H groups in total. The quantitative estimate of drug-likeness (QED) is 0.815. The number of anilines is 1. The topological polar surface area (TPSA) is 48.1 Å². The molecule has 0 spiro atoms. The van der Waals surface area contributed by atoms with Crippen molar-refractivity contribution in [3.8, 4) is 11.6 Å². The molecule has 0 saturated heterocycles. The third-order valence-electron chi connectivity index (χ3n) is 2.20. The minimum atomic E-state index is 0.539. The van der Waals surface area contributed by atoms with Crippen LogP contribution < -0.4 is 10.5 Å². The fourth-order valence-corrected chi connectivity index (χ4v) is 1.86. The molecule has 3 nitrogen and oxygen atoms in total. The summed E-state index contributed by atoms with van der Waals surface area (Å²) in [5.41, 5.74) is 7.29. The van der Waals surface area contributed by atoms with Crippen LogP contribution in [0, 0.1) is 6.92 Å². The lowest BCUT2D eigenvalue weighted by Gasteiger charge is -2.09. The van der Waals surface area contributed by atoms with Crippen LogP contribution in [0.5, 0.6) is 11.6 Å². The number of rotatable bonds is 2. The summed E-state index contributed by atoms with van der Waals surface area (Å²) < 4.78 is 7.36. The smallest absolute Gasteiger partial charge is 0.219 e. The van der Waals surface area contributed by atoms with E-state index in [2.05, 4.69) is 36.8 Å². The van der Waals surface area contributed by atoms with Gasteiger partial charge in [-0.25, -0.2) is 4.98 Å². The van der Waals surface area contributed by atoms with E-state index in [9.17, 15) is 0 Å². The fraction of sp³-hybridized carbons (Fsp3) is 0.0833. The van der Waals surface area contributed by atoms with Gasteiger partial charge in [0, 0.05) is 16.2 Å². The van der Waals surface area contributed by atoms with Gasteiger partial charge >= 0.3 is 0 Å². The van der Waals surface area contributed by atoms with Gasteiger partial charge in [0.1, 0.15) is 5.75 Å². The van der Waals surface area contributed by atoms with E-state index in [1.807, 2.05) is 25.1 Å². The summed E-state index contributed by atoms with van der Waals surface area (Å²) in [4.78, 5) is 4.31. The first-order chi connectivity index (χ1) is 8.08. The van der Waals surface area contributed by atoms with Crippen LogP contribution in [0.3, 0.4) is 0 Å². The Morgan fingerprint density at radius 2 is 1.94 bits per heavy atom. The van der Waals surface area contributed by atoms with Crippen molar-refractivity contribution in [1.29, 1.82) is 0 Å². The normalized spacial score (nSPS) is 10.3. The highest BCUT2D eigenvalue weighted by Gasteiger charge is 2.07. The Labute approximate surface area is 116 Å². The van der Waals surface area contributed by atoms with Gasteiger partial charge in [-0.05, 0) is 57.0 Å². The van der Waals surface area contributed by atoms with E-state index in [4.69, 9.17) is 10.5 Å². The van der Waals surface area contributed by atoms with Crippen LogP contribution in [0.4, 0.5) is 5.69 Å². The molecule has 0 aliphatic carbocycles. The number of nitrogens with zero attached hydrogens (tertiary/aromatic N) is 1. The number of nitrogen functional groups attached to an aromatic ring is 1. The maximum Gasteiger partial charge on any atom is 0.219 e. The van der Waals surface area contributed by atoms with E-state index in [-0.39, 0.29) is 0 Å². The summed E-state index contributed by atoms with van der Waals surface area (Å²) in [6.07, 6.45) is 0. The molecule has 1 heterocycles. The molecule has 0 unspecified atom stereocenters. The van der Waals surface area contributed by atoms with E-state index in [0.717, 1.165) is 14.6 Å². The third-order valence-corrected chi connectivity index (χ3v) is 3.89. The van der Waals surface area contributed by atoms with Crippen molar-refractivity contribution in [3.05, 3.63) is 45.0 Å². The molecule has 2 rings (SSSR count). The van der Waals surface area contributed by atoms with Crippen molar-refractivity contribution in [3.63, 3.8) is 0 Å². The first-order valence-electron chi connectivity index (χ1n) is 4.93. The van der Waals surface area contributed by atoms with Crippen molar-refractivity contribution in [2.24, 2.45) is 0 Å². The lowest BCUT2D eigenvalue weighted by molar-refractivity contribution is 0.459. The molecule has 0 atom stereocenters. The summed E-state index contributed by atoms with van der Waals surface area (Å²) in [7, 11) is 0. The molecule has 17 heavy (non-hydrogen) atoms. The summed E-state index contributed by atoms with van der Waals surface area (Å²) in [6, 6.07) is 9.17. The van der Waals surface area contributed by atoms with Gasteiger partial charge in [0.15, 0.2) is 0 Å². The molecule has 0 fully saturated rings. The second-order valence-corrected chi connectivity index (χ2v) is 5.13. The Kier molecular flexibility index (Phi) is 3.69. The second-order valence-electron chi connectivity index (χ2n) is 3.48. The molecule has 0 aliphatic rings. The van der Waals surface area contributed by atoms with Gasteiger partial charge in [-0.2, -0.15) is 0 Å². The minimum Gasteiger partial charge on any atom is -0.438 e. The molecule has 1 aromatic carbocycles. The van der Waals surface area contributed by atoms with E-state index < -0.39 is 0 Å². The zero-order valence-corrected chi connectivity index (χ0v) is 12.2. The summed E-state index contributed by atoms with van der Waals surface area (Å²) >= 11 is 6.78. The molecule has 0 aliphatic heterocycles. The zero-order chi connectivity index (χ0) is 12.4. The number of halogens is 2. The van der Waals surface area contributed by atoms with Gasteiger partial charge < -0.3 is 10.5 Å². The maximum atomic E-state index is 5.77. The summed E-state index contributed by atoms with van der Waals surface area (Å²) in [6.45, 7) is 1.91. The van der Waals surface area contributed by atoms with Crippen LogP contribution in [-0.2, 0) is 0 Å². The van der Waals surface area contributed by atoms with Crippen LogP contribution in [0.25, 0.3) is 0 Å². The number of aryl methyl sites for hydroxylation is 1. The Morgan fingerprint density at radius 3 is 2.65 bits per heavy atom. The van der Waals surface area contributed by atoms with Crippen LogP contribution >= 0.6 is 31.9 Å². The Balaban J connectivity index is 2.31. The number of pyridine rings is 1. The number of hydrogen-bond donors (Lipinski definition) is 1. The van der Waals surface area contributed by atoms with Gasteiger partial charge in [0.25, 0.3) is 0 Å². The van der Waals surface area contributed by atoms with Crippen molar-refractivity contribution in [2.45, 2.75) is 6.92 Å². The highest BCUT2D eigenvalue weighted by molar-refractivity contribution is 9.11. The predicted molar refractivity (Wildman–Crippen MR) is 75.3 cm³/mol. The minimum absolute atomic E-state index is 0.539. The SMILES string of the molecule is Cc1nc(Oc2cccc(N)c2Br)ccc1Br. The molecular formula is C12H10Br2N2O. The Hall–Kier alpha value is -1.07. The molecule has 5 heteroatoms. The molecule has 0 bridgehead atoms. The van der Waals surface area contributed by atoms with Crippen molar-refractivity contribution >= 4 is 37.5 Å². The number of ether oxygens (including phenoxy) is 1. The summed E-state index contributed by atoms with van der Waals surface area (Å²) in [5.74, 6) is 1.19. The number of nitrogens with two attached hydrogens (primary N) is 1. The number of hydrogen-bond acceptors (Lipinski definition) is 3. The molecule has 0 saturated carbocycles. The van der Waals surface area contributed by atoms with Crippen LogP contribution in [0.2, 0.25) is 0 Å². The monoisotopic (exact) mass is 356 g/mol. The van der Waals surface area contributed by atoms with Gasteiger partial charge in [0.2, 0.25) is 5.88 Å². The predicted octanol–water partition coefficient (Wildman–Crippen LogP) is 4.29. The Bertz CT molecular complexity index is 558. The maximum absolute atomic E-state index is 5.77. The Morgan fingerprint density at radius 1 is 1.18 bits per heavy atom. The average molecular weight is 358 g/mol. The molecule has 2 aromatic rings. The highest BCUT2D eigenvalue weighted by atomic mass is 79.9. The second kappa shape index (κ2) is 5.06. The first-order valence-corrected chi connectivity index (χ1v) is 6.51. The fourth-order valence-electron chi connectivity index (χ4n) is 1.30. The van der Waals surface area contributed by atoms with Crippen molar-refractivity contribution < 1.29 is 4.74 Å². The molecule has 0 radical (unpaired) electrons. The van der Waals surface area contributed by atoms with Crippen LogP contribution in [0.1, 0.15) is 5.69 Å². The van der Waals surface area contributed by atoms with Crippen molar-refractivity contribution in [1.82, 2.24) is 4.98 Å². The van der Waals surface area contributed by atoms with Gasteiger partial charge in [-0.3, -0.25) is 0 Å². The van der Waals surface area contributed by atoms with Crippen LogP contribution in [-0.4, -0.2) is 4.98 Å². The first kappa shape index (κ1) is 12.4. The average Bonchev–Trinajstić information content (AvgIpc) is 2.30. The number of aromatic nitrogens is 1. The lowest BCUT2D eigenvalue weighted by Crippen LogP contribution is -1.93. The van der Waals surface area contributed by atoms with Crippen LogP contribution in [0.15, 0.2) is 39.3 Å². The lowest BCUT2D eigenvalue weighted by atomic mass is 10.3.